The van der Waals surface area contributed by atoms with Crippen molar-refractivity contribution in [3.63, 3.8) is 0 Å². The summed E-state index contributed by atoms with van der Waals surface area (Å²) in [5, 5.41) is 19.1. The lowest BCUT2D eigenvalue weighted by Crippen LogP contribution is -2.23. The van der Waals surface area contributed by atoms with Gasteiger partial charge in [-0.1, -0.05) is 0 Å². The lowest BCUT2D eigenvalue weighted by molar-refractivity contribution is 0.102. The van der Waals surface area contributed by atoms with Crippen molar-refractivity contribution in [2.75, 3.05) is 23.3 Å². The number of benzene rings is 1. The van der Waals surface area contributed by atoms with Crippen LogP contribution in [0.15, 0.2) is 53.5 Å². The van der Waals surface area contributed by atoms with E-state index in [0.717, 1.165) is 33.2 Å². The average molecular weight is 443 g/mol. The predicted molar refractivity (Wildman–Crippen MR) is 123 cm³/mol. The molecule has 1 aromatic carbocycles. The van der Waals surface area contributed by atoms with Crippen LogP contribution in [0.4, 0.5) is 11.4 Å². The van der Waals surface area contributed by atoms with Crippen LogP contribution < -0.4 is 10.2 Å². The van der Waals surface area contributed by atoms with Crippen LogP contribution in [0.5, 0.6) is 0 Å². The Labute approximate surface area is 187 Å². The van der Waals surface area contributed by atoms with Gasteiger partial charge in [0.1, 0.15) is 11.9 Å². The number of aliphatic hydroxyl groups excluding tert-OH is 1. The Balaban J connectivity index is 1.34. The molecule has 1 amide bonds. The molecule has 1 unspecified atom stereocenters. The number of rotatable bonds is 4. The topological polar surface area (TPSA) is 125 Å². The molecule has 5 heterocycles. The third-order valence-electron chi connectivity index (χ3n) is 6.04. The summed E-state index contributed by atoms with van der Waals surface area (Å²) in [5.41, 5.74) is 4.00. The number of aliphatic hydroxyl groups is 1. The van der Waals surface area contributed by atoms with Crippen LogP contribution in [-0.4, -0.2) is 54.9 Å². The molecule has 10 heteroatoms. The fraction of sp³-hybridized carbons (Fsp3) is 0.217. The molecule has 1 fully saturated rings. The molecule has 0 bridgehead atoms. The smallest absolute Gasteiger partial charge is 0.277 e. The highest BCUT2D eigenvalue weighted by molar-refractivity contribution is 6.06. The monoisotopic (exact) mass is 443 g/mol. The van der Waals surface area contributed by atoms with Crippen molar-refractivity contribution in [2.45, 2.75) is 12.5 Å². The van der Waals surface area contributed by atoms with Gasteiger partial charge in [0.05, 0.1) is 29.2 Å². The fourth-order valence-electron chi connectivity index (χ4n) is 4.35. The zero-order valence-electron chi connectivity index (χ0n) is 17.8. The third kappa shape index (κ3) is 3.31. The Morgan fingerprint density at radius 3 is 3.09 bits per heavy atom. The number of oxazole rings is 1. The number of fused-ring (bicyclic) bond motifs is 2. The molecule has 10 nitrogen and oxygen atoms in total. The van der Waals surface area contributed by atoms with Crippen LogP contribution in [0.25, 0.3) is 33.4 Å². The molecule has 4 aromatic heterocycles. The molecular formula is C23H21N7O3. The summed E-state index contributed by atoms with van der Waals surface area (Å²) < 4.78 is 7.39. The summed E-state index contributed by atoms with van der Waals surface area (Å²) in [5.74, 6) is -0.0380. The number of aryl methyl sites for hydroxylation is 1. The maximum Gasteiger partial charge on any atom is 0.277 e. The van der Waals surface area contributed by atoms with E-state index < -0.39 is 0 Å². The summed E-state index contributed by atoms with van der Waals surface area (Å²) in [6.07, 6.45) is 6.90. The number of hydrogen-bond donors (Lipinski definition) is 3. The van der Waals surface area contributed by atoms with E-state index in [1.165, 1.54) is 6.26 Å². The zero-order valence-corrected chi connectivity index (χ0v) is 17.8. The summed E-state index contributed by atoms with van der Waals surface area (Å²) >= 11 is 0. The van der Waals surface area contributed by atoms with Gasteiger partial charge in [0.25, 0.3) is 5.91 Å². The number of aromatic nitrogens is 5. The zero-order chi connectivity index (χ0) is 22.5. The molecule has 1 aliphatic rings. The lowest BCUT2D eigenvalue weighted by atomic mass is 10.1. The second-order valence-corrected chi connectivity index (χ2v) is 8.18. The van der Waals surface area contributed by atoms with Crippen LogP contribution in [0, 0.1) is 0 Å². The number of nitrogens with one attached hydrogen (secondary N) is 2. The molecule has 1 saturated heterocycles. The minimum Gasteiger partial charge on any atom is -0.444 e. The Hall–Kier alpha value is -4.18. The van der Waals surface area contributed by atoms with Crippen molar-refractivity contribution in [3.8, 4) is 11.5 Å². The summed E-state index contributed by atoms with van der Waals surface area (Å²) in [6.45, 7) is 1.22. The largest absolute Gasteiger partial charge is 0.444 e. The van der Waals surface area contributed by atoms with Crippen molar-refractivity contribution in [3.05, 3.63) is 54.8 Å². The normalized spacial score (nSPS) is 16.2. The van der Waals surface area contributed by atoms with Gasteiger partial charge in [0.2, 0.25) is 5.89 Å². The van der Waals surface area contributed by atoms with Gasteiger partial charge in [-0.25, -0.2) is 9.97 Å². The number of carbonyl (C=O) groups is 1. The number of aromatic amines is 1. The van der Waals surface area contributed by atoms with Crippen molar-refractivity contribution >= 4 is 39.2 Å². The first-order chi connectivity index (χ1) is 16.1. The first kappa shape index (κ1) is 19.5. The molecule has 0 saturated carbocycles. The van der Waals surface area contributed by atoms with Crippen LogP contribution in [0.1, 0.15) is 16.9 Å². The van der Waals surface area contributed by atoms with Crippen molar-refractivity contribution in [1.29, 1.82) is 0 Å². The minimum absolute atomic E-state index is 0.169. The number of anilines is 2. The second kappa shape index (κ2) is 7.45. The maximum atomic E-state index is 13.1. The molecule has 1 aliphatic heterocycles. The van der Waals surface area contributed by atoms with E-state index in [1.54, 1.807) is 29.3 Å². The van der Waals surface area contributed by atoms with Crippen molar-refractivity contribution < 1.29 is 14.3 Å². The van der Waals surface area contributed by atoms with Crippen LogP contribution in [0.3, 0.4) is 0 Å². The van der Waals surface area contributed by atoms with Crippen LogP contribution >= 0.6 is 0 Å². The molecule has 33 heavy (non-hydrogen) atoms. The minimum atomic E-state index is -0.387. The molecule has 1 atom stereocenters. The van der Waals surface area contributed by atoms with E-state index in [-0.39, 0.29) is 17.7 Å². The molecular weight excluding hydrogens is 422 g/mol. The van der Waals surface area contributed by atoms with Crippen molar-refractivity contribution in [2.24, 2.45) is 7.05 Å². The van der Waals surface area contributed by atoms with E-state index in [0.29, 0.717) is 31.1 Å². The Morgan fingerprint density at radius 1 is 1.33 bits per heavy atom. The molecule has 6 rings (SSSR count). The number of β-amino-alcohol motifs (C(OH)–C–C–N with tert-alkyl or cyclic N) is 1. The van der Waals surface area contributed by atoms with E-state index in [4.69, 9.17) is 4.42 Å². The van der Waals surface area contributed by atoms with Gasteiger partial charge >= 0.3 is 0 Å². The highest BCUT2D eigenvalue weighted by Gasteiger charge is 2.25. The highest BCUT2D eigenvalue weighted by Crippen LogP contribution is 2.34. The number of hydrogen-bond acceptors (Lipinski definition) is 7. The number of amides is 1. The number of pyridine rings is 1. The maximum absolute atomic E-state index is 13.1. The molecule has 0 aliphatic carbocycles. The van der Waals surface area contributed by atoms with Gasteiger partial charge in [-0.3, -0.25) is 9.48 Å². The van der Waals surface area contributed by atoms with Gasteiger partial charge in [0.15, 0.2) is 5.69 Å². The second-order valence-electron chi connectivity index (χ2n) is 8.18. The number of nitrogens with zero attached hydrogens (tertiary/aromatic N) is 5. The quantitative estimate of drug-likeness (QED) is 0.390. The van der Waals surface area contributed by atoms with Crippen LogP contribution in [-0.2, 0) is 7.05 Å². The SMILES string of the molecule is Cn1ncc2cc(N3CCC(O)C3)c(NC(=O)c3coc(-c4ccnc5[nH]ccc45)n3)cc21. The number of H-pyrrole nitrogens is 1. The predicted octanol–water partition coefficient (Wildman–Crippen LogP) is 2.93. The Bertz CT molecular complexity index is 1500. The third-order valence-corrected chi connectivity index (χ3v) is 6.04. The number of carbonyl (C=O) groups excluding carboxylic acids is 1. The Kier molecular flexibility index (Phi) is 4.40. The van der Waals surface area contributed by atoms with Gasteiger partial charge in [-0.2, -0.15) is 5.10 Å². The van der Waals surface area contributed by atoms with Gasteiger partial charge < -0.3 is 24.7 Å². The summed E-state index contributed by atoms with van der Waals surface area (Å²) in [7, 11) is 1.85. The summed E-state index contributed by atoms with van der Waals surface area (Å²) in [6, 6.07) is 7.58. The van der Waals surface area contributed by atoms with Gasteiger partial charge in [-0.05, 0) is 30.7 Å². The van der Waals surface area contributed by atoms with E-state index >= 15 is 0 Å². The Morgan fingerprint density at radius 2 is 2.24 bits per heavy atom. The first-order valence-corrected chi connectivity index (χ1v) is 10.6. The fourth-order valence-corrected chi connectivity index (χ4v) is 4.35. The molecule has 0 radical (unpaired) electrons. The average Bonchev–Trinajstić information content (AvgIpc) is 3.60. The first-order valence-electron chi connectivity index (χ1n) is 10.6. The molecule has 5 aromatic rings. The van der Waals surface area contributed by atoms with E-state index in [9.17, 15) is 9.90 Å². The highest BCUT2D eigenvalue weighted by atomic mass is 16.3. The van der Waals surface area contributed by atoms with Gasteiger partial charge in [-0.15, -0.1) is 0 Å². The lowest BCUT2D eigenvalue weighted by Gasteiger charge is -2.22. The standard InChI is InChI=1S/C23H21N7O3/c1-29-19-9-17(20(8-13(19)10-26-29)30-7-4-14(31)11-30)27-22(32)18-12-33-23(28-18)16-3-6-25-21-15(16)2-5-24-21/h2-3,5-6,8-10,12,14,31H,4,7,11H2,1H3,(H,24,25)(H,27,32). The summed E-state index contributed by atoms with van der Waals surface area (Å²) in [4.78, 5) is 26.9. The molecule has 3 N–H and O–H groups in total. The van der Waals surface area contributed by atoms with Gasteiger partial charge in [0, 0.05) is 48.9 Å². The van der Waals surface area contributed by atoms with Crippen molar-refractivity contribution in [1.82, 2.24) is 24.7 Å². The molecule has 166 valence electrons. The van der Waals surface area contributed by atoms with E-state index in [2.05, 4.69) is 30.3 Å². The van der Waals surface area contributed by atoms with Crippen LogP contribution in [0.2, 0.25) is 0 Å². The van der Waals surface area contributed by atoms with E-state index in [1.807, 2.05) is 25.2 Å². The molecule has 0 spiro atoms.